The standard InChI is InChI=1S/C18H37N3/c1-6-9-20-10-12-21(13-11-20)17-14-15(18(2,3)4)7-8-16(17)19-5/h15-17,19H,6-14H2,1-5H3. The second-order valence-corrected chi connectivity index (χ2v) is 8.22. The largest absolute Gasteiger partial charge is 0.315 e. The highest BCUT2D eigenvalue weighted by atomic mass is 15.3. The summed E-state index contributed by atoms with van der Waals surface area (Å²) < 4.78 is 0. The van der Waals surface area contributed by atoms with Crippen molar-refractivity contribution < 1.29 is 0 Å². The predicted molar refractivity (Wildman–Crippen MR) is 91.7 cm³/mol. The Hall–Kier alpha value is -0.120. The molecular weight excluding hydrogens is 258 g/mol. The van der Waals surface area contributed by atoms with Gasteiger partial charge < -0.3 is 10.2 Å². The number of hydrogen-bond acceptors (Lipinski definition) is 3. The number of nitrogens with one attached hydrogen (secondary N) is 1. The van der Waals surface area contributed by atoms with E-state index in [1.54, 1.807) is 0 Å². The highest BCUT2D eigenvalue weighted by Gasteiger charge is 2.38. The third-order valence-corrected chi connectivity index (χ3v) is 5.83. The van der Waals surface area contributed by atoms with Crippen molar-refractivity contribution in [1.29, 1.82) is 0 Å². The van der Waals surface area contributed by atoms with Gasteiger partial charge in [-0.1, -0.05) is 27.7 Å². The van der Waals surface area contributed by atoms with Crippen LogP contribution in [0.4, 0.5) is 0 Å². The molecule has 3 nitrogen and oxygen atoms in total. The quantitative estimate of drug-likeness (QED) is 0.860. The summed E-state index contributed by atoms with van der Waals surface area (Å²) >= 11 is 0. The van der Waals surface area contributed by atoms with Crippen LogP contribution in [0.5, 0.6) is 0 Å². The van der Waals surface area contributed by atoms with E-state index in [4.69, 9.17) is 0 Å². The van der Waals surface area contributed by atoms with Gasteiger partial charge in [-0.3, -0.25) is 4.90 Å². The molecule has 1 saturated carbocycles. The van der Waals surface area contributed by atoms with E-state index in [0.29, 0.717) is 11.5 Å². The van der Waals surface area contributed by atoms with E-state index in [9.17, 15) is 0 Å². The first-order valence-electron chi connectivity index (χ1n) is 9.09. The van der Waals surface area contributed by atoms with E-state index >= 15 is 0 Å². The highest BCUT2D eigenvalue weighted by molar-refractivity contribution is 4.95. The first-order chi connectivity index (χ1) is 9.95. The Morgan fingerprint density at radius 1 is 1.05 bits per heavy atom. The minimum absolute atomic E-state index is 0.459. The minimum Gasteiger partial charge on any atom is -0.315 e. The molecule has 0 aromatic rings. The number of piperazine rings is 1. The SMILES string of the molecule is CCCN1CCN(C2CC(C(C)(C)C)CCC2NC)CC1. The maximum absolute atomic E-state index is 3.60. The van der Waals surface area contributed by atoms with Crippen LogP contribution in [-0.4, -0.2) is 61.7 Å². The molecule has 1 heterocycles. The van der Waals surface area contributed by atoms with Crippen molar-refractivity contribution in [3.05, 3.63) is 0 Å². The Morgan fingerprint density at radius 3 is 2.24 bits per heavy atom. The Bertz CT molecular complexity index is 302. The summed E-state index contributed by atoms with van der Waals surface area (Å²) in [7, 11) is 2.16. The first-order valence-corrected chi connectivity index (χ1v) is 9.09. The van der Waals surface area contributed by atoms with Crippen LogP contribution in [0.15, 0.2) is 0 Å². The summed E-state index contributed by atoms with van der Waals surface area (Å²) in [6.45, 7) is 15.9. The van der Waals surface area contributed by atoms with Crippen LogP contribution in [0, 0.1) is 11.3 Å². The lowest BCUT2D eigenvalue weighted by molar-refractivity contribution is 0.0283. The van der Waals surface area contributed by atoms with E-state index < -0.39 is 0 Å². The lowest BCUT2D eigenvalue weighted by Gasteiger charge is -2.48. The fourth-order valence-electron chi connectivity index (χ4n) is 4.31. The fourth-order valence-corrected chi connectivity index (χ4v) is 4.31. The van der Waals surface area contributed by atoms with Crippen LogP contribution in [0.2, 0.25) is 0 Å². The molecule has 2 aliphatic rings. The van der Waals surface area contributed by atoms with E-state index in [1.165, 1.54) is 58.4 Å². The molecule has 0 aromatic carbocycles. The molecule has 2 rings (SSSR count). The maximum Gasteiger partial charge on any atom is 0.0253 e. The minimum atomic E-state index is 0.459. The van der Waals surface area contributed by atoms with Crippen LogP contribution in [0.25, 0.3) is 0 Å². The summed E-state index contributed by atoms with van der Waals surface area (Å²) in [5.74, 6) is 0.876. The van der Waals surface area contributed by atoms with Gasteiger partial charge in [-0.25, -0.2) is 0 Å². The number of likely N-dealkylation sites (N-methyl/N-ethyl adjacent to an activating group) is 1. The van der Waals surface area contributed by atoms with Crippen molar-refractivity contribution in [1.82, 2.24) is 15.1 Å². The summed E-state index contributed by atoms with van der Waals surface area (Å²) in [5.41, 5.74) is 0.459. The summed E-state index contributed by atoms with van der Waals surface area (Å²) in [4.78, 5) is 5.42. The van der Waals surface area contributed by atoms with Gasteiger partial charge in [0.15, 0.2) is 0 Å². The molecule has 3 unspecified atom stereocenters. The molecule has 3 atom stereocenters. The zero-order chi connectivity index (χ0) is 15.5. The summed E-state index contributed by atoms with van der Waals surface area (Å²) in [5, 5.41) is 3.60. The first kappa shape index (κ1) is 17.2. The monoisotopic (exact) mass is 295 g/mol. The topological polar surface area (TPSA) is 18.5 Å². The molecular formula is C18H37N3. The Kier molecular flexibility index (Phi) is 6.10. The van der Waals surface area contributed by atoms with Crippen LogP contribution in [0.3, 0.4) is 0 Å². The molecule has 0 radical (unpaired) electrons. The summed E-state index contributed by atoms with van der Waals surface area (Å²) in [6, 6.07) is 1.44. The fraction of sp³-hybridized carbons (Fsp3) is 1.00. The van der Waals surface area contributed by atoms with Crippen LogP contribution in [0.1, 0.15) is 53.4 Å². The molecule has 1 saturated heterocycles. The smallest absolute Gasteiger partial charge is 0.0253 e. The van der Waals surface area contributed by atoms with E-state index in [1.807, 2.05) is 0 Å². The van der Waals surface area contributed by atoms with Crippen molar-refractivity contribution in [2.24, 2.45) is 11.3 Å². The molecule has 1 N–H and O–H groups in total. The van der Waals surface area contributed by atoms with Crippen molar-refractivity contribution in [3.8, 4) is 0 Å². The normalized spacial score (nSPS) is 33.3. The van der Waals surface area contributed by atoms with Gasteiger partial charge in [-0.15, -0.1) is 0 Å². The van der Waals surface area contributed by atoms with Gasteiger partial charge >= 0.3 is 0 Å². The second kappa shape index (κ2) is 7.43. The van der Waals surface area contributed by atoms with E-state index in [-0.39, 0.29) is 0 Å². The van der Waals surface area contributed by atoms with Gasteiger partial charge in [-0.2, -0.15) is 0 Å². The lowest BCUT2D eigenvalue weighted by atomic mass is 9.69. The van der Waals surface area contributed by atoms with Gasteiger partial charge in [0, 0.05) is 38.3 Å². The third-order valence-electron chi connectivity index (χ3n) is 5.83. The molecule has 21 heavy (non-hydrogen) atoms. The average molecular weight is 296 g/mol. The third kappa shape index (κ3) is 4.43. The molecule has 124 valence electrons. The van der Waals surface area contributed by atoms with Crippen LogP contribution in [-0.2, 0) is 0 Å². The van der Waals surface area contributed by atoms with Crippen molar-refractivity contribution >= 4 is 0 Å². The van der Waals surface area contributed by atoms with E-state index in [0.717, 1.165) is 12.0 Å². The molecule has 2 fully saturated rings. The van der Waals surface area contributed by atoms with Gasteiger partial charge in [0.25, 0.3) is 0 Å². The van der Waals surface area contributed by atoms with Crippen LogP contribution < -0.4 is 5.32 Å². The number of rotatable bonds is 4. The van der Waals surface area contributed by atoms with Crippen molar-refractivity contribution in [2.45, 2.75) is 65.5 Å². The van der Waals surface area contributed by atoms with Gasteiger partial charge in [0.05, 0.1) is 0 Å². The second-order valence-electron chi connectivity index (χ2n) is 8.22. The molecule has 0 bridgehead atoms. The Labute approximate surface area is 132 Å². The van der Waals surface area contributed by atoms with Crippen molar-refractivity contribution in [2.75, 3.05) is 39.8 Å². The van der Waals surface area contributed by atoms with Crippen LogP contribution >= 0.6 is 0 Å². The highest BCUT2D eigenvalue weighted by Crippen LogP contribution is 2.39. The van der Waals surface area contributed by atoms with E-state index in [2.05, 4.69) is 49.9 Å². The summed E-state index contributed by atoms with van der Waals surface area (Å²) in [6.07, 6.45) is 5.40. The molecule has 1 aliphatic carbocycles. The lowest BCUT2D eigenvalue weighted by Crippen LogP contribution is -2.58. The number of nitrogens with zero attached hydrogens (tertiary/aromatic N) is 2. The Balaban J connectivity index is 1.95. The molecule has 0 aromatic heterocycles. The van der Waals surface area contributed by atoms with Gasteiger partial charge in [0.1, 0.15) is 0 Å². The average Bonchev–Trinajstić information content (AvgIpc) is 2.47. The molecule has 1 aliphatic heterocycles. The molecule has 3 heteroatoms. The number of hydrogen-bond donors (Lipinski definition) is 1. The van der Waals surface area contributed by atoms with Crippen molar-refractivity contribution in [3.63, 3.8) is 0 Å². The van der Waals surface area contributed by atoms with Gasteiger partial charge in [-0.05, 0) is 50.6 Å². The zero-order valence-electron chi connectivity index (χ0n) is 15.0. The molecule has 0 amide bonds. The Morgan fingerprint density at radius 2 is 1.71 bits per heavy atom. The zero-order valence-corrected chi connectivity index (χ0v) is 15.0. The maximum atomic E-state index is 3.60. The predicted octanol–water partition coefficient (Wildman–Crippen LogP) is 2.82. The van der Waals surface area contributed by atoms with Gasteiger partial charge in [0.2, 0.25) is 0 Å². The molecule has 0 spiro atoms.